The standard InChI is InChI=1S/C24H27N3O2/c1-17(2)18-10-12-19(13-11-18)23-22(24(28)25-15-21-9-6-14-29-21)16-27(26-23)20-7-4-3-5-8-20/h3-5,7-8,10-13,16-17,21H,6,9,14-15H2,1-2H3,(H,25,28)/t21-/m0/s1. The highest BCUT2D eigenvalue weighted by Gasteiger charge is 2.21. The van der Waals surface area contributed by atoms with Crippen molar-refractivity contribution in [2.24, 2.45) is 0 Å². The first kappa shape index (κ1) is 19.4. The van der Waals surface area contributed by atoms with Crippen molar-refractivity contribution in [3.8, 4) is 16.9 Å². The van der Waals surface area contributed by atoms with Crippen LogP contribution in [0.3, 0.4) is 0 Å². The number of benzene rings is 2. The van der Waals surface area contributed by atoms with Crippen molar-refractivity contribution in [1.82, 2.24) is 15.1 Å². The molecule has 3 aromatic rings. The lowest BCUT2D eigenvalue weighted by Crippen LogP contribution is -2.31. The van der Waals surface area contributed by atoms with Crippen molar-refractivity contribution in [3.05, 3.63) is 71.9 Å². The molecule has 0 bridgehead atoms. The minimum Gasteiger partial charge on any atom is -0.376 e. The van der Waals surface area contributed by atoms with Gasteiger partial charge < -0.3 is 10.1 Å². The van der Waals surface area contributed by atoms with Crippen LogP contribution < -0.4 is 5.32 Å². The third-order valence-corrected chi connectivity index (χ3v) is 5.34. The second kappa shape index (κ2) is 8.62. The van der Waals surface area contributed by atoms with E-state index in [1.807, 2.05) is 48.7 Å². The van der Waals surface area contributed by atoms with Crippen molar-refractivity contribution >= 4 is 5.91 Å². The van der Waals surface area contributed by atoms with Crippen molar-refractivity contribution < 1.29 is 9.53 Å². The third kappa shape index (κ3) is 4.40. The molecule has 5 heteroatoms. The summed E-state index contributed by atoms with van der Waals surface area (Å²) in [4.78, 5) is 13.0. The lowest BCUT2D eigenvalue weighted by molar-refractivity contribution is 0.0858. The average Bonchev–Trinajstić information content (AvgIpc) is 3.43. The topological polar surface area (TPSA) is 56.2 Å². The average molecular weight is 389 g/mol. The highest BCUT2D eigenvalue weighted by molar-refractivity contribution is 6.00. The molecule has 0 radical (unpaired) electrons. The first-order chi connectivity index (χ1) is 14.1. The molecule has 1 N–H and O–H groups in total. The van der Waals surface area contributed by atoms with Gasteiger partial charge in [0.15, 0.2) is 0 Å². The number of carbonyl (C=O) groups is 1. The summed E-state index contributed by atoms with van der Waals surface area (Å²) in [5, 5.41) is 7.78. The maximum absolute atomic E-state index is 13.0. The van der Waals surface area contributed by atoms with Gasteiger partial charge in [0.1, 0.15) is 5.69 Å². The molecular formula is C24H27N3O2. The van der Waals surface area contributed by atoms with E-state index in [4.69, 9.17) is 9.84 Å². The number of hydrogen-bond donors (Lipinski definition) is 1. The van der Waals surface area contributed by atoms with Gasteiger partial charge in [0, 0.05) is 24.9 Å². The summed E-state index contributed by atoms with van der Waals surface area (Å²) < 4.78 is 7.40. The fourth-order valence-corrected chi connectivity index (χ4v) is 3.60. The highest BCUT2D eigenvalue weighted by atomic mass is 16.5. The van der Waals surface area contributed by atoms with E-state index in [-0.39, 0.29) is 12.0 Å². The minimum absolute atomic E-state index is 0.108. The van der Waals surface area contributed by atoms with Crippen molar-refractivity contribution in [2.45, 2.75) is 38.7 Å². The summed E-state index contributed by atoms with van der Waals surface area (Å²) in [5.74, 6) is 0.339. The van der Waals surface area contributed by atoms with Crippen LogP contribution >= 0.6 is 0 Å². The van der Waals surface area contributed by atoms with Crippen LogP contribution in [-0.2, 0) is 4.74 Å². The first-order valence-electron chi connectivity index (χ1n) is 10.3. The quantitative estimate of drug-likeness (QED) is 0.672. The Balaban J connectivity index is 1.65. The molecule has 2 aromatic carbocycles. The monoisotopic (exact) mass is 389 g/mol. The van der Waals surface area contributed by atoms with E-state index in [1.54, 1.807) is 4.68 Å². The van der Waals surface area contributed by atoms with Crippen LogP contribution in [0.4, 0.5) is 0 Å². The second-order valence-electron chi connectivity index (χ2n) is 7.79. The van der Waals surface area contributed by atoms with Gasteiger partial charge in [0.25, 0.3) is 5.91 Å². The molecule has 1 fully saturated rings. The van der Waals surface area contributed by atoms with Crippen LogP contribution in [0.2, 0.25) is 0 Å². The van der Waals surface area contributed by atoms with Gasteiger partial charge in [-0.2, -0.15) is 5.10 Å². The predicted molar refractivity (Wildman–Crippen MR) is 114 cm³/mol. The Kier molecular flexibility index (Phi) is 5.76. The molecule has 150 valence electrons. The highest BCUT2D eigenvalue weighted by Crippen LogP contribution is 2.26. The Morgan fingerprint density at radius 2 is 1.93 bits per heavy atom. The number of aromatic nitrogens is 2. The van der Waals surface area contributed by atoms with Gasteiger partial charge in [-0.3, -0.25) is 4.79 Å². The molecule has 2 heterocycles. The Morgan fingerprint density at radius 3 is 2.59 bits per heavy atom. The normalized spacial score (nSPS) is 16.3. The molecule has 0 unspecified atom stereocenters. The molecular weight excluding hydrogens is 362 g/mol. The SMILES string of the molecule is CC(C)c1ccc(-c2nn(-c3ccccc3)cc2C(=O)NC[C@@H]2CCCO2)cc1. The third-order valence-electron chi connectivity index (χ3n) is 5.34. The maximum Gasteiger partial charge on any atom is 0.255 e. The Labute approximate surface area is 171 Å². The largest absolute Gasteiger partial charge is 0.376 e. The summed E-state index contributed by atoms with van der Waals surface area (Å²) >= 11 is 0. The van der Waals surface area contributed by atoms with Crippen molar-refractivity contribution in [3.63, 3.8) is 0 Å². The molecule has 1 saturated heterocycles. The van der Waals surface area contributed by atoms with Crippen LogP contribution in [0.15, 0.2) is 60.8 Å². The molecule has 0 saturated carbocycles. The van der Waals surface area contributed by atoms with Gasteiger partial charge in [-0.05, 0) is 36.5 Å². The van der Waals surface area contributed by atoms with E-state index in [2.05, 4.69) is 31.3 Å². The maximum atomic E-state index is 13.0. The second-order valence-corrected chi connectivity index (χ2v) is 7.79. The van der Waals surface area contributed by atoms with Gasteiger partial charge in [-0.25, -0.2) is 4.68 Å². The van der Waals surface area contributed by atoms with Gasteiger partial charge in [-0.1, -0.05) is 56.3 Å². The first-order valence-corrected chi connectivity index (χ1v) is 10.3. The van der Waals surface area contributed by atoms with E-state index in [9.17, 15) is 4.79 Å². The number of carbonyl (C=O) groups excluding carboxylic acids is 1. The van der Waals surface area contributed by atoms with E-state index >= 15 is 0 Å². The van der Waals surface area contributed by atoms with E-state index in [1.165, 1.54) is 5.56 Å². The number of nitrogens with zero attached hydrogens (tertiary/aromatic N) is 2. The Morgan fingerprint density at radius 1 is 1.17 bits per heavy atom. The molecule has 1 aliphatic rings. The smallest absolute Gasteiger partial charge is 0.255 e. The number of hydrogen-bond acceptors (Lipinski definition) is 3. The molecule has 0 aliphatic carbocycles. The molecule has 4 rings (SSSR count). The molecule has 29 heavy (non-hydrogen) atoms. The number of rotatable bonds is 6. The van der Waals surface area contributed by atoms with Crippen molar-refractivity contribution in [1.29, 1.82) is 0 Å². The van der Waals surface area contributed by atoms with Crippen LogP contribution in [0.5, 0.6) is 0 Å². The zero-order chi connectivity index (χ0) is 20.2. The fourth-order valence-electron chi connectivity index (χ4n) is 3.60. The minimum atomic E-state index is -0.120. The lowest BCUT2D eigenvalue weighted by atomic mass is 10.00. The van der Waals surface area contributed by atoms with Gasteiger partial charge in [0.2, 0.25) is 0 Å². The van der Waals surface area contributed by atoms with Crippen LogP contribution in [0, 0.1) is 0 Å². The number of nitrogens with one attached hydrogen (secondary N) is 1. The van der Waals surface area contributed by atoms with E-state index in [0.717, 1.165) is 30.7 Å². The summed E-state index contributed by atoms with van der Waals surface area (Å²) in [6.45, 7) is 5.65. The lowest BCUT2D eigenvalue weighted by Gasteiger charge is -2.11. The molecule has 1 aromatic heterocycles. The zero-order valence-electron chi connectivity index (χ0n) is 17.0. The number of ether oxygens (including phenoxy) is 1. The summed E-state index contributed by atoms with van der Waals surface area (Å²) in [6, 6.07) is 18.2. The van der Waals surface area contributed by atoms with Crippen LogP contribution in [0.25, 0.3) is 16.9 Å². The Hall–Kier alpha value is -2.92. The molecule has 0 spiro atoms. The summed E-state index contributed by atoms with van der Waals surface area (Å²) in [7, 11) is 0. The summed E-state index contributed by atoms with van der Waals surface area (Å²) in [5.41, 5.74) is 4.39. The van der Waals surface area contributed by atoms with Gasteiger partial charge >= 0.3 is 0 Å². The predicted octanol–water partition coefficient (Wildman–Crippen LogP) is 4.57. The summed E-state index contributed by atoms with van der Waals surface area (Å²) in [6.07, 6.45) is 3.97. The van der Waals surface area contributed by atoms with E-state index < -0.39 is 0 Å². The molecule has 1 amide bonds. The Bertz CT molecular complexity index is 956. The van der Waals surface area contributed by atoms with Crippen LogP contribution in [-0.4, -0.2) is 34.9 Å². The van der Waals surface area contributed by atoms with E-state index in [0.29, 0.717) is 23.7 Å². The fraction of sp³-hybridized carbons (Fsp3) is 0.333. The van der Waals surface area contributed by atoms with Gasteiger partial charge in [0.05, 0.1) is 17.4 Å². The number of para-hydroxylation sites is 1. The number of amides is 1. The van der Waals surface area contributed by atoms with Crippen molar-refractivity contribution in [2.75, 3.05) is 13.2 Å². The van der Waals surface area contributed by atoms with Crippen LogP contribution in [0.1, 0.15) is 48.5 Å². The molecule has 5 nitrogen and oxygen atoms in total. The zero-order valence-corrected chi connectivity index (χ0v) is 17.0. The molecule has 1 atom stereocenters. The molecule has 1 aliphatic heterocycles. The van der Waals surface area contributed by atoms with Gasteiger partial charge in [-0.15, -0.1) is 0 Å².